The lowest BCUT2D eigenvalue weighted by atomic mass is 9.71. The van der Waals surface area contributed by atoms with E-state index < -0.39 is 0 Å². The molecule has 1 fully saturated rings. The number of benzene rings is 6. The first-order valence-corrected chi connectivity index (χ1v) is 17.2. The third-order valence-corrected chi connectivity index (χ3v) is 10.3. The molecule has 0 bridgehead atoms. The third-order valence-electron chi connectivity index (χ3n) is 10.3. The summed E-state index contributed by atoms with van der Waals surface area (Å²) in [7, 11) is 0. The maximum absolute atomic E-state index is 6.74. The summed E-state index contributed by atoms with van der Waals surface area (Å²) >= 11 is 0. The molecule has 4 atom stereocenters. The van der Waals surface area contributed by atoms with Crippen molar-refractivity contribution < 1.29 is 4.74 Å². The molecular weight excluding hydrogens is 597 g/mol. The molecule has 6 aromatic rings. The number of anilines is 6. The Labute approximate surface area is 289 Å². The summed E-state index contributed by atoms with van der Waals surface area (Å²) in [6, 6.07) is 52.8. The summed E-state index contributed by atoms with van der Waals surface area (Å²) in [6.45, 7) is 4.27. The van der Waals surface area contributed by atoms with Crippen molar-refractivity contribution in [3.63, 3.8) is 0 Å². The summed E-state index contributed by atoms with van der Waals surface area (Å²) in [5.41, 5.74) is 14.6. The van der Waals surface area contributed by atoms with Crippen LogP contribution >= 0.6 is 0 Å². The maximum Gasteiger partial charge on any atom is 0.0843 e. The van der Waals surface area contributed by atoms with Gasteiger partial charge in [0, 0.05) is 46.0 Å². The van der Waals surface area contributed by atoms with Crippen LogP contribution in [0.25, 0.3) is 12.2 Å². The van der Waals surface area contributed by atoms with Gasteiger partial charge in [-0.15, -0.1) is 0 Å². The van der Waals surface area contributed by atoms with Crippen molar-refractivity contribution in [2.45, 2.75) is 37.9 Å². The van der Waals surface area contributed by atoms with E-state index in [1.54, 1.807) is 0 Å². The summed E-state index contributed by atoms with van der Waals surface area (Å²) in [5, 5.41) is 0. The predicted molar refractivity (Wildman–Crippen MR) is 204 cm³/mol. The molecule has 3 heteroatoms. The number of hydrogen-bond acceptors (Lipinski definition) is 3. The molecule has 0 amide bonds. The van der Waals surface area contributed by atoms with Crippen LogP contribution in [0.5, 0.6) is 0 Å². The number of ether oxygens (including phenoxy) is 1. The second-order valence-corrected chi connectivity index (χ2v) is 13.5. The van der Waals surface area contributed by atoms with E-state index in [4.69, 9.17) is 4.74 Å². The van der Waals surface area contributed by atoms with Gasteiger partial charge in [0.1, 0.15) is 0 Å². The van der Waals surface area contributed by atoms with Gasteiger partial charge >= 0.3 is 0 Å². The second kappa shape index (κ2) is 12.1. The average molecular weight is 635 g/mol. The van der Waals surface area contributed by atoms with Crippen molar-refractivity contribution in [1.82, 2.24) is 0 Å². The Kier molecular flexibility index (Phi) is 7.29. The number of para-hydroxylation sites is 2. The van der Waals surface area contributed by atoms with E-state index in [9.17, 15) is 0 Å². The standard InChI is InChI=1S/C46H38N2O/c1-31-13-19-37(20-14-31)47(35-9-5-3-6-10-35)39-23-25-41-33(29-39)17-27-43-45(41)46-42-26-24-40(30-34(42)18-28-44(46)49-43)48(36-11-7-4-8-12-36)38-21-15-32(2)16-22-38/h3-30,43-46H,1-2H3. The highest BCUT2D eigenvalue weighted by Gasteiger charge is 2.47. The van der Waals surface area contributed by atoms with Crippen molar-refractivity contribution in [3.05, 3.63) is 191 Å². The molecule has 3 nitrogen and oxygen atoms in total. The summed E-state index contributed by atoms with van der Waals surface area (Å²) < 4.78 is 6.74. The molecule has 238 valence electrons. The highest BCUT2D eigenvalue weighted by molar-refractivity contribution is 5.81. The fourth-order valence-corrected chi connectivity index (χ4v) is 7.96. The second-order valence-electron chi connectivity index (χ2n) is 13.5. The van der Waals surface area contributed by atoms with E-state index in [0.29, 0.717) is 0 Å². The number of nitrogens with zero attached hydrogens (tertiary/aromatic N) is 2. The van der Waals surface area contributed by atoms with Gasteiger partial charge in [0.25, 0.3) is 0 Å². The van der Waals surface area contributed by atoms with Crippen LogP contribution in [0.15, 0.2) is 158 Å². The molecular formula is C46H38N2O. The van der Waals surface area contributed by atoms with Crippen LogP contribution in [0.3, 0.4) is 0 Å². The molecule has 2 aliphatic carbocycles. The van der Waals surface area contributed by atoms with E-state index in [1.165, 1.54) is 33.4 Å². The topological polar surface area (TPSA) is 15.7 Å². The molecule has 0 aromatic heterocycles. The number of hydrogen-bond donors (Lipinski definition) is 0. The third kappa shape index (κ3) is 5.28. The Balaban J connectivity index is 1.09. The van der Waals surface area contributed by atoms with E-state index in [1.807, 2.05) is 0 Å². The van der Waals surface area contributed by atoms with Gasteiger partial charge in [-0.2, -0.15) is 0 Å². The largest absolute Gasteiger partial charge is 0.366 e. The lowest BCUT2D eigenvalue weighted by Gasteiger charge is -2.32. The number of rotatable bonds is 6. The quantitative estimate of drug-likeness (QED) is 0.181. The van der Waals surface area contributed by atoms with Gasteiger partial charge in [-0.3, -0.25) is 0 Å². The molecule has 0 radical (unpaired) electrons. The monoisotopic (exact) mass is 634 g/mol. The Morgan fingerprint density at radius 3 is 1.18 bits per heavy atom. The molecule has 3 aliphatic rings. The Morgan fingerprint density at radius 1 is 0.408 bits per heavy atom. The molecule has 1 saturated heterocycles. The van der Waals surface area contributed by atoms with Crippen LogP contribution in [0.1, 0.15) is 45.2 Å². The minimum atomic E-state index is 0.0410. The molecule has 0 spiro atoms. The van der Waals surface area contributed by atoms with E-state index in [0.717, 1.165) is 34.1 Å². The summed E-state index contributed by atoms with van der Waals surface area (Å²) in [5.74, 6) is 0.473. The first-order valence-electron chi connectivity index (χ1n) is 17.2. The van der Waals surface area contributed by atoms with Crippen molar-refractivity contribution in [2.75, 3.05) is 9.80 Å². The number of aryl methyl sites for hydroxylation is 2. The average Bonchev–Trinajstić information content (AvgIpc) is 3.54. The smallest absolute Gasteiger partial charge is 0.0843 e. The fourth-order valence-electron chi connectivity index (χ4n) is 7.96. The molecule has 4 unspecified atom stereocenters. The molecule has 0 saturated carbocycles. The summed E-state index contributed by atoms with van der Waals surface area (Å²) in [4.78, 5) is 4.70. The van der Waals surface area contributed by atoms with E-state index in [2.05, 4.69) is 194 Å². The Bertz CT molecular complexity index is 2030. The van der Waals surface area contributed by atoms with Crippen LogP contribution < -0.4 is 9.80 Å². The normalized spacial score (nSPS) is 19.8. The molecule has 0 N–H and O–H groups in total. The fraction of sp³-hybridized carbons (Fsp3) is 0.130. The van der Waals surface area contributed by atoms with Crippen LogP contribution in [0.4, 0.5) is 34.1 Å². The molecule has 1 aliphatic heterocycles. The lowest BCUT2D eigenvalue weighted by Crippen LogP contribution is -2.23. The zero-order valence-corrected chi connectivity index (χ0v) is 27.8. The SMILES string of the molecule is Cc1ccc(N(c2ccccc2)c2ccc3c(c2)C=CC2OC4C=Cc5cc(N(c6ccccc6)c6ccc(C)cc6)ccc5C4C32)cc1. The molecule has 1 heterocycles. The predicted octanol–water partition coefficient (Wildman–Crippen LogP) is 11.9. The summed E-state index contributed by atoms with van der Waals surface area (Å²) in [6.07, 6.45) is 9.18. The minimum absolute atomic E-state index is 0.0410. The van der Waals surface area contributed by atoms with Crippen molar-refractivity contribution >= 4 is 46.3 Å². The van der Waals surface area contributed by atoms with Crippen LogP contribution in [-0.2, 0) is 4.74 Å². The van der Waals surface area contributed by atoms with Crippen LogP contribution in [0, 0.1) is 13.8 Å². The van der Waals surface area contributed by atoms with Gasteiger partial charge in [-0.05, 0) is 109 Å². The first kappa shape index (κ1) is 29.5. The van der Waals surface area contributed by atoms with Crippen molar-refractivity contribution in [3.8, 4) is 0 Å². The van der Waals surface area contributed by atoms with Gasteiger partial charge in [0.2, 0.25) is 0 Å². The Morgan fingerprint density at radius 2 is 0.776 bits per heavy atom. The van der Waals surface area contributed by atoms with Crippen molar-refractivity contribution in [2.24, 2.45) is 0 Å². The maximum atomic E-state index is 6.74. The Hall–Kier alpha value is -5.64. The highest BCUT2D eigenvalue weighted by atomic mass is 16.5. The van der Waals surface area contributed by atoms with Gasteiger partial charge in [0.05, 0.1) is 12.2 Å². The zero-order chi connectivity index (χ0) is 32.9. The minimum Gasteiger partial charge on any atom is -0.366 e. The lowest BCUT2D eigenvalue weighted by molar-refractivity contribution is 0.0931. The molecule has 49 heavy (non-hydrogen) atoms. The molecule has 6 aromatic carbocycles. The first-order chi connectivity index (χ1) is 24.1. The highest BCUT2D eigenvalue weighted by Crippen LogP contribution is 2.54. The van der Waals surface area contributed by atoms with E-state index >= 15 is 0 Å². The number of fused-ring (bicyclic) bond motifs is 7. The molecule has 9 rings (SSSR count). The van der Waals surface area contributed by atoms with Gasteiger partial charge in [0.15, 0.2) is 0 Å². The zero-order valence-electron chi connectivity index (χ0n) is 27.8. The van der Waals surface area contributed by atoms with Crippen molar-refractivity contribution in [1.29, 1.82) is 0 Å². The van der Waals surface area contributed by atoms with Crippen LogP contribution in [0.2, 0.25) is 0 Å². The van der Waals surface area contributed by atoms with Gasteiger partial charge in [-0.25, -0.2) is 0 Å². The van der Waals surface area contributed by atoms with Crippen LogP contribution in [-0.4, -0.2) is 12.2 Å². The van der Waals surface area contributed by atoms with Gasteiger partial charge in [-0.1, -0.05) is 108 Å². The van der Waals surface area contributed by atoms with Gasteiger partial charge < -0.3 is 14.5 Å². The van der Waals surface area contributed by atoms with E-state index in [-0.39, 0.29) is 24.0 Å².